The van der Waals surface area contributed by atoms with Crippen molar-refractivity contribution >= 4 is 38.8 Å². The maximum atomic E-state index is 5.18. The summed E-state index contributed by atoms with van der Waals surface area (Å²) in [5, 5.41) is 2.56. The highest BCUT2D eigenvalue weighted by atomic mass is 15.0. The van der Waals surface area contributed by atoms with Gasteiger partial charge in [-0.25, -0.2) is 4.99 Å². The number of nitrogens with zero attached hydrogens (tertiary/aromatic N) is 2. The summed E-state index contributed by atoms with van der Waals surface area (Å²) >= 11 is 0. The smallest absolute Gasteiger partial charge is 0.0712 e. The van der Waals surface area contributed by atoms with Crippen LogP contribution in [0.1, 0.15) is 29.5 Å². The van der Waals surface area contributed by atoms with Crippen LogP contribution in [-0.4, -0.2) is 10.3 Å². The first kappa shape index (κ1) is 26.9. The van der Waals surface area contributed by atoms with Crippen molar-refractivity contribution in [2.24, 2.45) is 4.99 Å². The van der Waals surface area contributed by atoms with E-state index in [0.717, 1.165) is 35.4 Å². The number of hydrogen-bond acceptors (Lipinski definition) is 1. The highest BCUT2D eigenvalue weighted by Gasteiger charge is 2.13. The molecule has 1 aliphatic heterocycles. The fourth-order valence-electron chi connectivity index (χ4n) is 6.47. The van der Waals surface area contributed by atoms with Gasteiger partial charge in [0.15, 0.2) is 0 Å². The van der Waals surface area contributed by atoms with Gasteiger partial charge in [-0.05, 0) is 71.0 Å². The van der Waals surface area contributed by atoms with E-state index in [4.69, 9.17) is 4.99 Å². The molecule has 214 valence electrons. The van der Waals surface area contributed by atoms with Crippen molar-refractivity contribution in [3.8, 4) is 16.8 Å². The molecule has 0 bridgehead atoms. The van der Waals surface area contributed by atoms with Crippen molar-refractivity contribution in [2.45, 2.75) is 12.8 Å². The highest BCUT2D eigenvalue weighted by Crippen LogP contribution is 2.33. The third-order valence-corrected chi connectivity index (χ3v) is 8.74. The first-order chi connectivity index (χ1) is 22.3. The number of aliphatic imine (C=N–C) groups is 1. The summed E-state index contributed by atoms with van der Waals surface area (Å²) in [6.07, 6.45) is 6.45. The maximum absolute atomic E-state index is 5.18. The SMILES string of the molecule is C1=C(c2ccccc2)/N=C(c2ccccc2)\C=C(\c2ccc(-c3ccc(-n4c5ccccc5c5ccccc54)cc3)cc2)CC\1. The zero-order valence-corrected chi connectivity index (χ0v) is 25.0. The van der Waals surface area contributed by atoms with Gasteiger partial charge in [0.1, 0.15) is 0 Å². The Balaban J connectivity index is 1.11. The van der Waals surface area contributed by atoms with Crippen LogP contribution in [-0.2, 0) is 0 Å². The molecule has 0 aliphatic carbocycles. The molecule has 6 aromatic carbocycles. The molecule has 0 amide bonds. The van der Waals surface area contributed by atoms with Crippen molar-refractivity contribution in [3.63, 3.8) is 0 Å². The van der Waals surface area contributed by atoms with Crippen LogP contribution in [0.25, 0.3) is 49.9 Å². The Morgan fingerprint density at radius 3 is 1.58 bits per heavy atom. The van der Waals surface area contributed by atoms with E-state index in [1.165, 1.54) is 49.8 Å². The Labute approximate surface area is 264 Å². The van der Waals surface area contributed by atoms with Crippen LogP contribution in [0.5, 0.6) is 0 Å². The predicted octanol–water partition coefficient (Wildman–Crippen LogP) is 11.2. The van der Waals surface area contributed by atoms with E-state index in [1.807, 2.05) is 0 Å². The fraction of sp³-hybridized carbons (Fsp3) is 0.0465. The van der Waals surface area contributed by atoms with E-state index in [0.29, 0.717) is 0 Å². The minimum absolute atomic E-state index is 0.938. The number of allylic oxidation sites excluding steroid dienone is 3. The van der Waals surface area contributed by atoms with E-state index in [2.05, 4.69) is 174 Å². The summed E-state index contributed by atoms with van der Waals surface area (Å²) < 4.78 is 2.36. The molecule has 0 saturated carbocycles. The zero-order valence-electron chi connectivity index (χ0n) is 25.0. The third-order valence-electron chi connectivity index (χ3n) is 8.74. The lowest BCUT2D eigenvalue weighted by Gasteiger charge is -2.15. The number of rotatable bonds is 5. The molecule has 2 heterocycles. The monoisotopic (exact) mass is 576 g/mol. The van der Waals surface area contributed by atoms with Crippen molar-refractivity contribution in [3.05, 3.63) is 187 Å². The van der Waals surface area contributed by atoms with E-state index in [9.17, 15) is 0 Å². The summed E-state index contributed by atoms with van der Waals surface area (Å²) in [4.78, 5) is 5.18. The van der Waals surface area contributed by atoms with Gasteiger partial charge >= 0.3 is 0 Å². The van der Waals surface area contributed by atoms with Crippen LogP contribution in [0.3, 0.4) is 0 Å². The van der Waals surface area contributed by atoms with E-state index in [-0.39, 0.29) is 0 Å². The van der Waals surface area contributed by atoms with Gasteiger partial charge in [0.05, 0.1) is 22.4 Å². The summed E-state index contributed by atoms with van der Waals surface area (Å²) in [6.45, 7) is 0. The number of aromatic nitrogens is 1. The number of fused-ring (bicyclic) bond motifs is 3. The second kappa shape index (κ2) is 11.7. The van der Waals surface area contributed by atoms with E-state index < -0.39 is 0 Å². The summed E-state index contributed by atoms with van der Waals surface area (Å²) in [5.74, 6) is 0. The van der Waals surface area contributed by atoms with Gasteiger partial charge in [0.25, 0.3) is 0 Å². The van der Waals surface area contributed by atoms with Gasteiger partial charge < -0.3 is 4.57 Å². The summed E-state index contributed by atoms with van der Waals surface area (Å²) in [5.41, 5.74) is 12.9. The largest absolute Gasteiger partial charge is 0.309 e. The molecule has 1 aliphatic rings. The molecule has 0 fully saturated rings. The topological polar surface area (TPSA) is 17.3 Å². The Morgan fingerprint density at radius 2 is 0.956 bits per heavy atom. The maximum Gasteiger partial charge on any atom is 0.0712 e. The number of para-hydroxylation sites is 2. The molecule has 0 unspecified atom stereocenters. The van der Waals surface area contributed by atoms with Crippen LogP contribution >= 0.6 is 0 Å². The molecule has 0 radical (unpaired) electrons. The van der Waals surface area contributed by atoms with Gasteiger partial charge in [-0.1, -0.05) is 140 Å². The molecule has 7 aromatic rings. The Kier molecular flexibility index (Phi) is 7.01. The molecule has 2 nitrogen and oxygen atoms in total. The van der Waals surface area contributed by atoms with Gasteiger partial charge in [0.2, 0.25) is 0 Å². The Morgan fingerprint density at radius 1 is 0.444 bits per heavy atom. The molecular weight excluding hydrogens is 544 g/mol. The number of benzene rings is 6. The van der Waals surface area contributed by atoms with Gasteiger partial charge in [-0.3, -0.25) is 0 Å². The molecule has 0 saturated heterocycles. The first-order valence-corrected chi connectivity index (χ1v) is 15.6. The normalized spacial score (nSPS) is 17.0. The number of hydrogen-bond donors (Lipinski definition) is 0. The van der Waals surface area contributed by atoms with E-state index >= 15 is 0 Å². The van der Waals surface area contributed by atoms with Crippen molar-refractivity contribution in [2.75, 3.05) is 0 Å². The first-order valence-electron chi connectivity index (χ1n) is 15.6. The average Bonchev–Trinajstić information content (AvgIpc) is 3.44. The lowest BCUT2D eigenvalue weighted by molar-refractivity contribution is 1.06. The van der Waals surface area contributed by atoms with Crippen LogP contribution in [0, 0.1) is 0 Å². The van der Waals surface area contributed by atoms with Gasteiger partial charge in [-0.15, -0.1) is 0 Å². The lowest BCUT2D eigenvalue weighted by atomic mass is 9.94. The quantitative estimate of drug-likeness (QED) is 0.194. The van der Waals surface area contributed by atoms with Crippen molar-refractivity contribution in [1.82, 2.24) is 4.57 Å². The predicted molar refractivity (Wildman–Crippen MR) is 191 cm³/mol. The molecule has 0 N–H and O–H groups in total. The van der Waals surface area contributed by atoms with Crippen LogP contribution in [0.4, 0.5) is 0 Å². The molecule has 0 atom stereocenters. The van der Waals surface area contributed by atoms with Crippen molar-refractivity contribution < 1.29 is 0 Å². The third kappa shape index (κ3) is 5.21. The second-order valence-corrected chi connectivity index (χ2v) is 11.5. The molecule has 2 heteroatoms. The average molecular weight is 577 g/mol. The van der Waals surface area contributed by atoms with E-state index in [1.54, 1.807) is 0 Å². The molecule has 0 spiro atoms. The molecule has 45 heavy (non-hydrogen) atoms. The fourth-order valence-corrected chi connectivity index (χ4v) is 6.47. The summed E-state index contributed by atoms with van der Waals surface area (Å²) in [7, 11) is 0. The molecular formula is C43H32N2. The molecule has 1 aromatic heterocycles. The Hall–Kier alpha value is -5.73. The minimum atomic E-state index is 0.938. The second-order valence-electron chi connectivity index (χ2n) is 11.5. The molecule has 8 rings (SSSR count). The van der Waals surface area contributed by atoms with Crippen LogP contribution < -0.4 is 0 Å². The van der Waals surface area contributed by atoms with Crippen LogP contribution in [0.15, 0.2) is 175 Å². The van der Waals surface area contributed by atoms with Crippen molar-refractivity contribution in [1.29, 1.82) is 0 Å². The summed E-state index contributed by atoms with van der Waals surface area (Å²) in [6, 6.07) is 56.2. The van der Waals surface area contributed by atoms with Gasteiger partial charge in [0, 0.05) is 22.0 Å². The Bertz CT molecular complexity index is 2160. The minimum Gasteiger partial charge on any atom is -0.309 e. The standard InChI is InChI=1S/C43H32N2/c1-3-12-34(13-4-1)40-19-11-16-36(30-41(44-40)35-14-5-2-6-15-35)33-24-22-31(23-25-33)32-26-28-37(29-27-32)45-42-20-9-7-17-38(42)39-18-8-10-21-43(39)45/h1-10,12-15,17-30H,11,16H2/b36-30+,40-19-,44-41+. The van der Waals surface area contributed by atoms with Gasteiger partial charge in [-0.2, -0.15) is 0 Å². The lowest BCUT2D eigenvalue weighted by Crippen LogP contribution is -2.02. The zero-order chi connectivity index (χ0) is 30.0. The highest BCUT2D eigenvalue weighted by molar-refractivity contribution is 6.14. The van der Waals surface area contributed by atoms with Crippen LogP contribution in [0.2, 0.25) is 0 Å².